The molecule has 1 amide bonds. The van der Waals surface area contributed by atoms with Crippen LogP contribution < -0.4 is 5.32 Å². The maximum atomic E-state index is 12.4. The highest BCUT2D eigenvalue weighted by Crippen LogP contribution is 2.30. The van der Waals surface area contributed by atoms with Gasteiger partial charge in [0.05, 0.1) is 28.3 Å². The van der Waals surface area contributed by atoms with Crippen LogP contribution in [0.4, 0.5) is 0 Å². The molecule has 0 saturated carbocycles. The first-order chi connectivity index (χ1) is 10.7. The Morgan fingerprint density at radius 3 is 2.57 bits per heavy atom. The summed E-state index contributed by atoms with van der Waals surface area (Å²) in [5.74, 6) is -0.447. The summed E-state index contributed by atoms with van der Waals surface area (Å²) in [6.45, 7) is 1.11. The number of sulfonamides is 1. The zero-order chi connectivity index (χ0) is 17.2. The standard InChI is InChI=1S/C14H18Cl2N2O4S/c1-18(2)23(20,21)13-6-10(11(15)7-12(13)16)14(19)17-9-4-3-5-22-8-9/h6-7,9H,3-5,8H2,1-2H3,(H,17,19). The average molecular weight is 381 g/mol. The third-order valence-electron chi connectivity index (χ3n) is 3.52. The molecule has 6 nitrogen and oxygen atoms in total. The number of carbonyl (C=O) groups excluding carboxylic acids is 1. The van der Waals surface area contributed by atoms with Gasteiger partial charge in [-0.25, -0.2) is 12.7 Å². The highest BCUT2D eigenvalue weighted by Gasteiger charge is 2.25. The molecule has 1 aliphatic heterocycles. The second kappa shape index (κ2) is 7.36. The van der Waals surface area contributed by atoms with Gasteiger partial charge in [0, 0.05) is 20.7 Å². The highest BCUT2D eigenvalue weighted by atomic mass is 35.5. The number of rotatable bonds is 4. The Labute approximate surface area is 145 Å². The zero-order valence-corrected chi connectivity index (χ0v) is 15.1. The molecule has 2 rings (SSSR count). The van der Waals surface area contributed by atoms with Gasteiger partial charge in [0.2, 0.25) is 10.0 Å². The average Bonchev–Trinajstić information content (AvgIpc) is 2.47. The number of benzene rings is 1. The van der Waals surface area contributed by atoms with Crippen LogP contribution in [0.3, 0.4) is 0 Å². The summed E-state index contributed by atoms with van der Waals surface area (Å²) in [4.78, 5) is 12.2. The van der Waals surface area contributed by atoms with E-state index in [2.05, 4.69) is 5.32 Å². The topological polar surface area (TPSA) is 75.7 Å². The van der Waals surface area contributed by atoms with Crippen LogP contribution in [0.2, 0.25) is 10.0 Å². The summed E-state index contributed by atoms with van der Waals surface area (Å²) in [5, 5.41) is 2.88. The number of halogens is 2. The number of carbonyl (C=O) groups is 1. The Morgan fingerprint density at radius 1 is 1.30 bits per heavy atom. The van der Waals surface area contributed by atoms with E-state index in [0.29, 0.717) is 13.2 Å². The maximum absolute atomic E-state index is 12.4. The van der Waals surface area contributed by atoms with Gasteiger partial charge in [-0.3, -0.25) is 4.79 Å². The van der Waals surface area contributed by atoms with Crippen LogP contribution in [-0.2, 0) is 14.8 Å². The largest absolute Gasteiger partial charge is 0.379 e. The van der Waals surface area contributed by atoms with Crippen molar-refractivity contribution in [2.45, 2.75) is 23.8 Å². The molecule has 23 heavy (non-hydrogen) atoms. The van der Waals surface area contributed by atoms with Gasteiger partial charge >= 0.3 is 0 Å². The zero-order valence-electron chi connectivity index (χ0n) is 12.8. The minimum atomic E-state index is -3.78. The van der Waals surface area contributed by atoms with Crippen LogP contribution in [0.25, 0.3) is 0 Å². The van der Waals surface area contributed by atoms with E-state index >= 15 is 0 Å². The molecular formula is C14H18Cl2N2O4S. The fraction of sp³-hybridized carbons (Fsp3) is 0.500. The van der Waals surface area contributed by atoms with E-state index in [4.69, 9.17) is 27.9 Å². The first kappa shape index (κ1) is 18.5. The minimum absolute atomic E-state index is 0.0266. The van der Waals surface area contributed by atoms with Crippen LogP contribution in [0.1, 0.15) is 23.2 Å². The molecule has 0 bridgehead atoms. The van der Waals surface area contributed by atoms with Crippen LogP contribution in [0, 0.1) is 0 Å². The fourth-order valence-corrected chi connectivity index (χ4v) is 3.94. The lowest BCUT2D eigenvalue weighted by Gasteiger charge is -2.23. The SMILES string of the molecule is CN(C)S(=O)(=O)c1cc(C(=O)NC2CCCOC2)c(Cl)cc1Cl. The van der Waals surface area contributed by atoms with Gasteiger partial charge in [-0.15, -0.1) is 0 Å². The summed E-state index contributed by atoms with van der Waals surface area (Å²) in [6, 6.07) is 2.36. The molecule has 1 fully saturated rings. The highest BCUT2D eigenvalue weighted by molar-refractivity contribution is 7.89. The molecule has 1 aromatic carbocycles. The van der Waals surface area contributed by atoms with Gasteiger partial charge in [0.1, 0.15) is 4.90 Å². The summed E-state index contributed by atoms with van der Waals surface area (Å²) in [5.41, 5.74) is 0.0714. The van der Waals surface area contributed by atoms with Gasteiger partial charge in [0.15, 0.2) is 0 Å². The van der Waals surface area contributed by atoms with Crippen molar-refractivity contribution in [2.24, 2.45) is 0 Å². The van der Waals surface area contributed by atoms with Gasteiger partial charge in [0.25, 0.3) is 5.91 Å². The van der Waals surface area contributed by atoms with Crippen LogP contribution >= 0.6 is 23.2 Å². The number of hydrogen-bond acceptors (Lipinski definition) is 4. The minimum Gasteiger partial charge on any atom is -0.379 e. The van der Waals surface area contributed by atoms with Crippen LogP contribution in [0.15, 0.2) is 17.0 Å². The van der Waals surface area contributed by atoms with Gasteiger partial charge in [-0.1, -0.05) is 23.2 Å². The van der Waals surface area contributed by atoms with Crippen molar-refractivity contribution >= 4 is 39.1 Å². The first-order valence-electron chi connectivity index (χ1n) is 7.03. The van der Waals surface area contributed by atoms with E-state index in [1.54, 1.807) is 0 Å². The molecule has 9 heteroatoms. The predicted octanol–water partition coefficient (Wildman–Crippen LogP) is 2.15. The number of nitrogens with zero attached hydrogens (tertiary/aromatic N) is 1. The Bertz CT molecular complexity index is 701. The Kier molecular flexibility index (Phi) is 5.91. The second-order valence-corrected chi connectivity index (χ2v) is 8.37. The summed E-state index contributed by atoms with van der Waals surface area (Å²) in [6.07, 6.45) is 1.67. The van der Waals surface area contributed by atoms with Crippen LogP contribution in [0.5, 0.6) is 0 Å². The van der Waals surface area contributed by atoms with Gasteiger partial charge in [-0.2, -0.15) is 0 Å². The molecule has 1 heterocycles. The molecule has 0 radical (unpaired) electrons. The monoisotopic (exact) mass is 380 g/mol. The second-order valence-electron chi connectivity index (χ2n) is 5.44. The molecular weight excluding hydrogens is 363 g/mol. The maximum Gasteiger partial charge on any atom is 0.253 e. The molecule has 0 spiro atoms. The van der Waals surface area contributed by atoms with Crippen molar-refractivity contribution in [3.8, 4) is 0 Å². The van der Waals surface area contributed by atoms with E-state index < -0.39 is 15.9 Å². The molecule has 0 aliphatic carbocycles. The van der Waals surface area contributed by atoms with Crippen LogP contribution in [-0.4, -0.2) is 52.0 Å². The van der Waals surface area contributed by atoms with Crippen molar-refractivity contribution < 1.29 is 17.9 Å². The number of ether oxygens (including phenoxy) is 1. The van der Waals surface area contributed by atoms with E-state index in [1.165, 1.54) is 26.2 Å². The van der Waals surface area contributed by atoms with E-state index in [9.17, 15) is 13.2 Å². The number of nitrogens with one attached hydrogen (secondary N) is 1. The molecule has 1 saturated heterocycles. The van der Waals surface area contributed by atoms with Crippen molar-refractivity contribution in [1.82, 2.24) is 9.62 Å². The van der Waals surface area contributed by atoms with E-state index in [-0.39, 0.29) is 26.5 Å². The molecule has 1 unspecified atom stereocenters. The number of hydrogen-bond donors (Lipinski definition) is 1. The Balaban J connectivity index is 2.33. The number of amides is 1. The smallest absolute Gasteiger partial charge is 0.253 e. The summed E-state index contributed by atoms with van der Waals surface area (Å²) in [7, 11) is -0.999. The molecule has 1 aromatic rings. The molecule has 1 aliphatic rings. The van der Waals surface area contributed by atoms with Gasteiger partial charge < -0.3 is 10.1 Å². The molecule has 1 N–H and O–H groups in total. The lowest BCUT2D eigenvalue weighted by molar-refractivity contribution is 0.0624. The summed E-state index contributed by atoms with van der Waals surface area (Å²) >= 11 is 12.0. The lowest BCUT2D eigenvalue weighted by Crippen LogP contribution is -2.40. The molecule has 1 atom stereocenters. The van der Waals surface area contributed by atoms with Crippen molar-refractivity contribution in [3.05, 3.63) is 27.7 Å². The Morgan fingerprint density at radius 2 is 2.00 bits per heavy atom. The van der Waals surface area contributed by atoms with Crippen molar-refractivity contribution in [2.75, 3.05) is 27.3 Å². The fourth-order valence-electron chi connectivity index (χ4n) is 2.22. The first-order valence-corrected chi connectivity index (χ1v) is 9.23. The van der Waals surface area contributed by atoms with Crippen molar-refractivity contribution in [1.29, 1.82) is 0 Å². The third-order valence-corrected chi connectivity index (χ3v) is 6.11. The lowest BCUT2D eigenvalue weighted by atomic mass is 10.1. The third kappa shape index (κ3) is 4.16. The van der Waals surface area contributed by atoms with E-state index in [0.717, 1.165) is 17.1 Å². The van der Waals surface area contributed by atoms with Gasteiger partial charge in [-0.05, 0) is 25.0 Å². The van der Waals surface area contributed by atoms with Crippen molar-refractivity contribution in [3.63, 3.8) is 0 Å². The normalized spacial score (nSPS) is 18.9. The predicted molar refractivity (Wildman–Crippen MR) is 88.6 cm³/mol. The molecule has 128 valence electrons. The Hall–Kier alpha value is -0.860. The van der Waals surface area contributed by atoms with E-state index in [1.807, 2.05) is 0 Å². The molecule has 0 aromatic heterocycles. The summed E-state index contributed by atoms with van der Waals surface area (Å²) < 4.78 is 30.9. The quantitative estimate of drug-likeness (QED) is 0.867.